The summed E-state index contributed by atoms with van der Waals surface area (Å²) in [6.45, 7) is 0.405. The zero-order chi connectivity index (χ0) is 21.5. The van der Waals surface area contributed by atoms with E-state index in [0.29, 0.717) is 23.7 Å². The Kier molecular flexibility index (Phi) is 8.29. The molecule has 0 radical (unpaired) electrons. The van der Waals surface area contributed by atoms with Crippen LogP contribution in [-0.2, 0) is 6.61 Å². The Balaban J connectivity index is 1.68. The van der Waals surface area contributed by atoms with Gasteiger partial charge < -0.3 is 9.47 Å². The Labute approximate surface area is 205 Å². The van der Waals surface area contributed by atoms with Crippen LogP contribution in [-0.4, -0.2) is 19.2 Å². The van der Waals surface area contributed by atoms with E-state index in [2.05, 4.69) is 65.0 Å². The van der Waals surface area contributed by atoms with Crippen LogP contribution in [0.1, 0.15) is 21.5 Å². The molecule has 3 aromatic carbocycles. The van der Waals surface area contributed by atoms with Crippen molar-refractivity contribution in [3.63, 3.8) is 0 Å². The highest BCUT2D eigenvalue weighted by atomic mass is 127. The molecule has 0 spiro atoms. The molecule has 0 fully saturated rings. The van der Waals surface area contributed by atoms with E-state index in [-0.39, 0.29) is 5.91 Å². The molecule has 0 heterocycles. The molecule has 5 nitrogen and oxygen atoms in total. The fourth-order valence-electron chi connectivity index (χ4n) is 2.52. The lowest BCUT2D eigenvalue weighted by Gasteiger charge is -2.13. The van der Waals surface area contributed by atoms with Gasteiger partial charge in [0, 0.05) is 13.6 Å². The number of carbonyl (C=O) groups excluding carboxylic acids is 1. The van der Waals surface area contributed by atoms with Crippen LogP contribution in [0.5, 0.6) is 11.5 Å². The third kappa shape index (κ3) is 6.29. The van der Waals surface area contributed by atoms with Gasteiger partial charge in [0.2, 0.25) is 0 Å². The van der Waals surface area contributed by atoms with Crippen molar-refractivity contribution in [3.05, 3.63) is 89.9 Å². The molecule has 0 bridgehead atoms. The number of hydrogen-bond donors (Lipinski definition) is 1. The van der Waals surface area contributed by atoms with E-state index < -0.39 is 0 Å². The van der Waals surface area contributed by atoms with E-state index in [9.17, 15) is 4.79 Å². The van der Waals surface area contributed by atoms with Gasteiger partial charge in [0.05, 0.1) is 17.8 Å². The first-order valence-corrected chi connectivity index (χ1v) is 11.5. The van der Waals surface area contributed by atoms with E-state index in [1.54, 1.807) is 31.5 Å². The molecule has 0 atom stereocenters. The van der Waals surface area contributed by atoms with Crippen molar-refractivity contribution < 1.29 is 14.3 Å². The summed E-state index contributed by atoms with van der Waals surface area (Å²) in [7, 11) is 1.58. The van der Waals surface area contributed by atoms with E-state index in [0.717, 1.165) is 23.6 Å². The summed E-state index contributed by atoms with van der Waals surface area (Å²) in [5.41, 5.74) is 4.86. The Bertz CT molecular complexity index is 1060. The molecule has 0 aliphatic rings. The van der Waals surface area contributed by atoms with Gasteiger partial charge in [0.25, 0.3) is 5.91 Å². The summed E-state index contributed by atoms with van der Waals surface area (Å²) in [5.74, 6) is 0.885. The first kappa shape index (κ1) is 22.8. The third-order valence-corrected chi connectivity index (χ3v) is 5.87. The molecule has 0 saturated carbocycles. The Morgan fingerprint density at radius 3 is 2.47 bits per heavy atom. The molecule has 154 valence electrons. The van der Waals surface area contributed by atoms with Crippen LogP contribution in [0.3, 0.4) is 0 Å². The standard InChI is InChI=1S/C22H17Br2IN2O3/c1-29-20-11-15(12-26-27-22(28)16-4-8-18(25)9-5-16)10-19(24)21(20)30-13-14-2-6-17(23)7-3-14/h2-12H,13H2,1H3,(H,27,28)/b26-12-. The molecule has 3 aromatic rings. The Hall–Kier alpha value is -1.91. The molecular weight excluding hydrogens is 627 g/mol. The molecule has 1 amide bonds. The van der Waals surface area contributed by atoms with E-state index in [1.807, 2.05) is 42.5 Å². The summed E-state index contributed by atoms with van der Waals surface area (Å²) in [5, 5.41) is 4.04. The quantitative estimate of drug-likeness (QED) is 0.190. The normalized spacial score (nSPS) is 10.8. The average molecular weight is 644 g/mol. The monoisotopic (exact) mass is 642 g/mol. The number of halogens is 3. The fourth-order valence-corrected chi connectivity index (χ4v) is 3.72. The van der Waals surface area contributed by atoms with Crippen molar-refractivity contribution in [1.82, 2.24) is 5.43 Å². The summed E-state index contributed by atoms with van der Waals surface area (Å²) < 4.78 is 14.2. The van der Waals surface area contributed by atoms with Crippen LogP contribution in [0, 0.1) is 3.57 Å². The zero-order valence-corrected chi connectivity index (χ0v) is 21.2. The molecular formula is C22H17Br2IN2O3. The van der Waals surface area contributed by atoms with Crippen LogP contribution < -0.4 is 14.9 Å². The van der Waals surface area contributed by atoms with Gasteiger partial charge in [-0.25, -0.2) is 5.43 Å². The van der Waals surface area contributed by atoms with E-state index >= 15 is 0 Å². The van der Waals surface area contributed by atoms with Gasteiger partial charge in [-0.3, -0.25) is 4.79 Å². The minimum atomic E-state index is -0.275. The van der Waals surface area contributed by atoms with Gasteiger partial charge in [-0.05, 0) is 98.2 Å². The number of ether oxygens (including phenoxy) is 2. The van der Waals surface area contributed by atoms with Gasteiger partial charge in [0.15, 0.2) is 11.5 Å². The van der Waals surface area contributed by atoms with Crippen molar-refractivity contribution in [2.75, 3.05) is 7.11 Å². The fraction of sp³-hybridized carbons (Fsp3) is 0.0909. The van der Waals surface area contributed by atoms with Gasteiger partial charge in [-0.15, -0.1) is 0 Å². The second-order valence-electron chi connectivity index (χ2n) is 6.16. The number of methoxy groups -OCH3 is 1. The van der Waals surface area contributed by atoms with Crippen molar-refractivity contribution in [3.8, 4) is 11.5 Å². The predicted molar refractivity (Wildman–Crippen MR) is 133 cm³/mol. The molecule has 0 saturated heterocycles. The highest BCUT2D eigenvalue weighted by molar-refractivity contribution is 14.1. The summed E-state index contributed by atoms with van der Waals surface area (Å²) in [6.07, 6.45) is 1.55. The lowest BCUT2D eigenvalue weighted by Crippen LogP contribution is -2.17. The van der Waals surface area contributed by atoms with Gasteiger partial charge in [0.1, 0.15) is 6.61 Å². The maximum atomic E-state index is 12.1. The molecule has 0 unspecified atom stereocenters. The second-order valence-corrected chi connectivity index (χ2v) is 9.17. The first-order chi connectivity index (χ1) is 14.5. The number of rotatable bonds is 7. The van der Waals surface area contributed by atoms with Crippen molar-refractivity contribution in [2.45, 2.75) is 6.61 Å². The van der Waals surface area contributed by atoms with Crippen LogP contribution in [0.4, 0.5) is 0 Å². The maximum absolute atomic E-state index is 12.1. The number of nitrogens with zero attached hydrogens (tertiary/aromatic N) is 1. The van der Waals surface area contributed by atoms with E-state index in [4.69, 9.17) is 9.47 Å². The smallest absolute Gasteiger partial charge is 0.271 e. The number of benzene rings is 3. The van der Waals surface area contributed by atoms with E-state index in [1.165, 1.54) is 0 Å². The molecule has 30 heavy (non-hydrogen) atoms. The van der Waals surface area contributed by atoms with Gasteiger partial charge in [-0.2, -0.15) is 5.10 Å². The number of hydrazone groups is 1. The number of carbonyl (C=O) groups is 1. The topological polar surface area (TPSA) is 59.9 Å². The maximum Gasteiger partial charge on any atom is 0.271 e. The summed E-state index contributed by atoms with van der Waals surface area (Å²) in [6, 6.07) is 18.8. The second kappa shape index (κ2) is 10.9. The molecule has 1 N–H and O–H groups in total. The number of nitrogens with one attached hydrogen (secondary N) is 1. The minimum Gasteiger partial charge on any atom is -0.493 e. The van der Waals surface area contributed by atoms with Crippen molar-refractivity contribution in [1.29, 1.82) is 0 Å². The van der Waals surface area contributed by atoms with Crippen LogP contribution in [0.25, 0.3) is 0 Å². The molecule has 8 heteroatoms. The molecule has 0 aliphatic heterocycles. The third-order valence-electron chi connectivity index (χ3n) is 4.03. The van der Waals surface area contributed by atoms with Gasteiger partial charge in [-0.1, -0.05) is 28.1 Å². The predicted octanol–water partition coefficient (Wildman–Crippen LogP) is 6.17. The minimum absolute atomic E-state index is 0.275. The van der Waals surface area contributed by atoms with Crippen molar-refractivity contribution >= 4 is 66.6 Å². The summed E-state index contributed by atoms with van der Waals surface area (Å²) in [4.78, 5) is 12.1. The number of amides is 1. The molecule has 3 rings (SSSR count). The van der Waals surface area contributed by atoms with Gasteiger partial charge >= 0.3 is 0 Å². The largest absolute Gasteiger partial charge is 0.493 e. The highest BCUT2D eigenvalue weighted by Crippen LogP contribution is 2.36. The van der Waals surface area contributed by atoms with Crippen molar-refractivity contribution in [2.24, 2.45) is 5.10 Å². The van der Waals surface area contributed by atoms with Crippen LogP contribution in [0.15, 0.2) is 74.7 Å². The Morgan fingerprint density at radius 1 is 1.10 bits per heavy atom. The van der Waals surface area contributed by atoms with Crippen LogP contribution >= 0.6 is 54.5 Å². The number of hydrogen-bond acceptors (Lipinski definition) is 4. The lowest BCUT2D eigenvalue weighted by molar-refractivity contribution is 0.0955. The molecule has 0 aliphatic carbocycles. The first-order valence-electron chi connectivity index (χ1n) is 8.80. The Morgan fingerprint density at radius 2 is 1.80 bits per heavy atom. The summed E-state index contributed by atoms with van der Waals surface area (Å²) >= 11 is 9.14. The molecule has 0 aromatic heterocycles. The van der Waals surface area contributed by atoms with Crippen LogP contribution in [0.2, 0.25) is 0 Å². The zero-order valence-electron chi connectivity index (χ0n) is 15.9. The SMILES string of the molecule is COc1cc(/C=N\NC(=O)c2ccc(I)cc2)cc(Br)c1OCc1ccc(Br)cc1. The highest BCUT2D eigenvalue weighted by Gasteiger charge is 2.12. The lowest BCUT2D eigenvalue weighted by atomic mass is 10.2. The average Bonchev–Trinajstić information content (AvgIpc) is 2.74.